The van der Waals surface area contributed by atoms with E-state index in [2.05, 4.69) is 24.5 Å². The van der Waals surface area contributed by atoms with Gasteiger partial charge in [-0.1, -0.05) is 32.0 Å². The van der Waals surface area contributed by atoms with E-state index >= 15 is 0 Å². The van der Waals surface area contributed by atoms with E-state index in [4.69, 9.17) is 4.42 Å². The predicted molar refractivity (Wildman–Crippen MR) is 86.2 cm³/mol. The highest BCUT2D eigenvalue weighted by atomic mass is 16.4. The van der Waals surface area contributed by atoms with Crippen molar-refractivity contribution in [2.45, 2.75) is 33.6 Å². The Hall–Kier alpha value is -2.56. The first-order chi connectivity index (χ1) is 10.4. The second-order valence-corrected chi connectivity index (χ2v) is 5.49. The summed E-state index contributed by atoms with van der Waals surface area (Å²) in [7, 11) is 0. The fraction of sp³-hybridized carbons (Fsp3) is 0.294. The van der Waals surface area contributed by atoms with Crippen molar-refractivity contribution in [3.63, 3.8) is 0 Å². The molecular weight excluding hydrogens is 280 g/mol. The number of furan rings is 1. The molecule has 0 fully saturated rings. The Labute approximate surface area is 129 Å². The minimum atomic E-state index is -0.340. The first-order valence-corrected chi connectivity index (χ1v) is 7.16. The molecule has 2 amide bonds. The van der Waals surface area contributed by atoms with Crippen molar-refractivity contribution >= 4 is 23.4 Å². The lowest BCUT2D eigenvalue weighted by molar-refractivity contribution is -0.114. The molecule has 0 aliphatic rings. The Morgan fingerprint density at radius 3 is 2.45 bits per heavy atom. The largest absolute Gasteiger partial charge is 0.435 e. The SMILES string of the molecule is CC(=O)Nc1ccc(C(=O)Nc2c(C)cccc2C(C)C)o1. The summed E-state index contributed by atoms with van der Waals surface area (Å²) in [5.74, 6) is 0.116. The molecule has 2 aromatic rings. The van der Waals surface area contributed by atoms with Crippen LogP contribution in [0.25, 0.3) is 0 Å². The summed E-state index contributed by atoms with van der Waals surface area (Å²) < 4.78 is 5.32. The molecule has 0 saturated carbocycles. The monoisotopic (exact) mass is 300 g/mol. The average molecular weight is 300 g/mol. The van der Waals surface area contributed by atoms with Crippen LogP contribution < -0.4 is 10.6 Å². The molecular formula is C17H20N2O3. The van der Waals surface area contributed by atoms with Crippen LogP contribution in [0.2, 0.25) is 0 Å². The summed E-state index contributed by atoms with van der Waals surface area (Å²) >= 11 is 0. The highest BCUT2D eigenvalue weighted by molar-refractivity contribution is 6.03. The highest BCUT2D eigenvalue weighted by Crippen LogP contribution is 2.28. The summed E-state index contributed by atoms with van der Waals surface area (Å²) in [5.41, 5.74) is 2.87. The summed E-state index contributed by atoms with van der Waals surface area (Å²) in [4.78, 5) is 23.3. The molecule has 5 heteroatoms. The lowest BCUT2D eigenvalue weighted by Gasteiger charge is -2.15. The minimum Gasteiger partial charge on any atom is -0.435 e. The molecule has 0 saturated heterocycles. The topological polar surface area (TPSA) is 71.3 Å². The number of para-hydroxylation sites is 1. The third-order valence-electron chi connectivity index (χ3n) is 3.29. The van der Waals surface area contributed by atoms with Crippen LogP contribution in [0.15, 0.2) is 34.7 Å². The molecule has 22 heavy (non-hydrogen) atoms. The van der Waals surface area contributed by atoms with E-state index in [9.17, 15) is 9.59 Å². The Morgan fingerprint density at radius 1 is 1.09 bits per heavy atom. The lowest BCUT2D eigenvalue weighted by Crippen LogP contribution is -2.14. The van der Waals surface area contributed by atoms with Gasteiger partial charge in [-0.15, -0.1) is 0 Å². The maximum absolute atomic E-state index is 12.3. The van der Waals surface area contributed by atoms with Gasteiger partial charge in [0.25, 0.3) is 5.91 Å². The maximum Gasteiger partial charge on any atom is 0.291 e. The zero-order valence-corrected chi connectivity index (χ0v) is 13.2. The van der Waals surface area contributed by atoms with Crippen LogP contribution in [0, 0.1) is 6.92 Å². The van der Waals surface area contributed by atoms with Crippen LogP contribution in [0.3, 0.4) is 0 Å². The lowest BCUT2D eigenvalue weighted by atomic mass is 9.98. The second kappa shape index (κ2) is 6.47. The number of carbonyl (C=O) groups is 2. The molecule has 116 valence electrons. The second-order valence-electron chi connectivity index (χ2n) is 5.49. The van der Waals surface area contributed by atoms with Gasteiger partial charge in [-0.2, -0.15) is 0 Å². The van der Waals surface area contributed by atoms with Gasteiger partial charge < -0.3 is 9.73 Å². The number of aryl methyl sites for hydroxylation is 1. The highest BCUT2D eigenvalue weighted by Gasteiger charge is 2.16. The average Bonchev–Trinajstić information content (AvgIpc) is 2.88. The number of anilines is 2. The van der Waals surface area contributed by atoms with Gasteiger partial charge in [0.05, 0.1) is 0 Å². The fourth-order valence-corrected chi connectivity index (χ4v) is 2.22. The van der Waals surface area contributed by atoms with Crippen LogP contribution in [-0.2, 0) is 4.79 Å². The van der Waals surface area contributed by atoms with E-state index in [1.165, 1.54) is 13.0 Å². The Balaban J connectivity index is 2.22. The van der Waals surface area contributed by atoms with Gasteiger partial charge in [-0.25, -0.2) is 0 Å². The van der Waals surface area contributed by atoms with Gasteiger partial charge in [0.1, 0.15) is 0 Å². The molecule has 0 bridgehead atoms. The van der Waals surface area contributed by atoms with Crippen LogP contribution >= 0.6 is 0 Å². The number of nitrogens with one attached hydrogen (secondary N) is 2. The molecule has 0 aliphatic heterocycles. The quantitative estimate of drug-likeness (QED) is 0.899. The smallest absolute Gasteiger partial charge is 0.291 e. The van der Waals surface area contributed by atoms with Gasteiger partial charge in [-0.05, 0) is 30.0 Å². The van der Waals surface area contributed by atoms with Gasteiger partial charge in [0.2, 0.25) is 5.91 Å². The number of rotatable bonds is 4. The minimum absolute atomic E-state index is 0.154. The molecule has 0 atom stereocenters. The van der Waals surface area contributed by atoms with Crippen molar-refractivity contribution in [3.8, 4) is 0 Å². The third-order valence-corrected chi connectivity index (χ3v) is 3.29. The first kappa shape index (κ1) is 15.8. The van der Waals surface area contributed by atoms with Crippen LogP contribution in [0.1, 0.15) is 48.4 Å². The summed E-state index contributed by atoms with van der Waals surface area (Å²) in [6, 6.07) is 9.01. The fourth-order valence-electron chi connectivity index (χ4n) is 2.22. The molecule has 2 rings (SSSR count). The zero-order valence-electron chi connectivity index (χ0n) is 13.2. The molecule has 0 unspecified atom stereocenters. The van der Waals surface area contributed by atoms with Gasteiger partial charge in [0, 0.05) is 18.7 Å². The normalized spacial score (nSPS) is 10.6. The number of amides is 2. The summed E-state index contributed by atoms with van der Waals surface area (Å²) in [6.07, 6.45) is 0. The third kappa shape index (κ3) is 3.55. The molecule has 1 aromatic carbocycles. The van der Waals surface area contributed by atoms with Crippen molar-refractivity contribution in [3.05, 3.63) is 47.2 Å². The standard InChI is InChI=1S/C17H20N2O3/c1-10(2)13-7-5-6-11(3)16(13)19-17(21)14-8-9-15(22-14)18-12(4)20/h5-10H,1-4H3,(H,18,20)(H,19,21). The van der Waals surface area contributed by atoms with E-state index in [-0.39, 0.29) is 23.5 Å². The number of hydrogen-bond acceptors (Lipinski definition) is 3. The maximum atomic E-state index is 12.3. The number of benzene rings is 1. The number of hydrogen-bond donors (Lipinski definition) is 2. The van der Waals surface area contributed by atoms with Gasteiger partial charge >= 0.3 is 0 Å². The Bertz CT molecular complexity index is 702. The van der Waals surface area contributed by atoms with Crippen molar-refractivity contribution in [2.24, 2.45) is 0 Å². The van der Waals surface area contributed by atoms with Crippen LogP contribution in [0.5, 0.6) is 0 Å². The van der Waals surface area contributed by atoms with E-state index in [0.29, 0.717) is 5.92 Å². The van der Waals surface area contributed by atoms with Crippen molar-refractivity contribution in [1.29, 1.82) is 0 Å². The van der Waals surface area contributed by atoms with E-state index in [1.54, 1.807) is 6.07 Å². The zero-order chi connectivity index (χ0) is 16.3. The predicted octanol–water partition coefficient (Wildman–Crippen LogP) is 3.92. The van der Waals surface area contributed by atoms with Crippen molar-refractivity contribution in [2.75, 3.05) is 10.6 Å². The summed E-state index contributed by atoms with van der Waals surface area (Å²) in [6.45, 7) is 7.48. The Morgan fingerprint density at radius 2 is 1.82 bits per heavy atom. The number of carbonyl (C=O) groups excluding carboxylic acids is 2. The molecule has 0 radical (unpaired) electrons. The molecule has 0 spiro atoms. The molecule has 0 aliphatic carbocycles. The van der Waals surface area contributed by atoms with Crippen molar-refractivity contribution in [1.82, 2.24) is 0 Å². The summed E-state index contributed by atoms with van der Waals surface area (Å²) in [5, 5.41) is 5.40. The van der Waals surface area contributed by atoms with E-state index < -0.39 is 0 Å². The molecule has 5 nitrogen and oxygen atoms in total. The van der Waals surface area contributed by atoms with Gasteiger partial charge in [-0.3, -0.25) is 14.9 Å². The molecule has 2 N–H and O–H groups in total. The van der Waals surface area contributed by atoms with E-state index in [1.807, 2.05) is 25.1 Å². The Kier molecular flexibility index (Phi) is 4.65. The van der Waals surface area contributed by atoms with Gasteiger partial charge in [0.15, 0.2) is 11.6 Å². The van der Waals surface area contributed by atoms with Crippen molar-refractivity contribution < 1.29 is 14.0 Å². The first-order valence-electron chi connectivity index (χ1n) is 7.16. The molecule has 1 aromatic heterocycles. The van der Waals surface area contributed by atoms with E-state index in [0.717, 1.165) is 16.8 Å². The molecule has 1 heterocycles. The van der Waals surface area contributed by atoms with Crippen LogP contribution in [0.4, 0.5) is 11.6 Å². The van der Waals surface area contributed by atoms with Crippen LogP contribution in [-0.4, -0.2) is 11.8 Å².